The normalized spacial score (nSPS) is 14.5. The van der Waals surface area contributed by atoms with Crippen molar-refractivity contribution in [2.75, 3.05) is 43.1 Å². The number of aromatic amines is 1. The first-order valence-electron chi connectivity index (χ1n) is 10.6. The zero-order valence-corrected chi connectivity index (χ0v) is 17.4. The van der Waals surface area contributed by atoms with E-state index in [1.54, 1.807) is 0 Å². The number of H-pyrrole nitrogens is 1. The Hall–Kier alpha value is -3.13. The predicted octanol–water partition coefficient (Wildman–Crippen LogP) is 3.13. The van der Waals surface area contributed by atoms with E-state index in [2.05, 4.69) is 49.8 Å². The van der Waals surface area contributed by atoms with Crippen LogP contribution in [0.4, 0.5) is 11.8 Å². The standard InChI is InChI=1S/C22H29N7O/c1-2-3-8-23-22-27-18(13-21(28-22)29-9-11-30-12-10-29)16-26-25-15-17-14-24-20-7-5-4-6-19(17)20/h4-7,13-15,24,26H,2-3,8-12,16H2,1H3,(H,23,27,28)/b25-15+. The molecule has 1 saturated heterocycles. The molecule has 0 aliphatic carbocycles. The van der Waals surface area contributed by atoms with Crippen molar-refractivity contribution in [3.05, 3.63) is 47.8 Å². The molecule has 1 aromatic carbocycles. The van der Waals surface area contributed by atoms with Crippen LogP contribution in [-0.4, -0.2) is 54.0 Å². The average molecular weight is 408 g/mol. The summed E-state index contributed by atoms with van der Waals surface area (Å²) in [6.07, 6.45) is 6.02. The third kappa shape index (κ3) is 5.07. The number of hydrogen-bond acceptors (Lipinski definition) is 7. The van der Waals surface area contributed by atoms with Crippen LogP contribution in [0.2, 0.25) is 0 Å². The number of para-hydroxylation sites is 1. The van der Waals surface area contributed by atoms with Gasteiger partial charge in [0.2, 0.25) is 5.95 Å². The molecule has 0 saturated carbocycles. The Kier molecular flexibility index (Phi) is 6.76. The molecule has 8 heteroatoms. The number of anilines is 2. The van der Waals surface area contributed by atoms with E-state index in [1.165, 1.54) is 0 Å². The lowest BCUT2D eigenvalue weighted by molar-refractivity contribution is 0.122. The van der Waals surface area contributed by atoms with Crippen molar-refractivity contribution in [1.29, 1.82) is 0 Å². The number of aromatic nitrogens is 3. The Balaban J connectivity index is 1.44. The molecule has 158 valence electrons. The van der Waals surface area contributed by atoms with E-state index in [0.717, 1.165) is 73.7 Å². The van der Waals surface area contributed by atoms with Crippen LogP contribution in [0.25, 0.3) is 10.9 Å². The molecule has 1 aliphatic heterocycles. The van der Waals surface area contributed by atoms with Crippen LogP contribution >= 0.6 is 0 Å². The molecule has 0 bridgehead atoms. The number of hydrogen-bond donors (Lipinski definition) is 3. The van der Waals surface area contributed by atoms with E-state index in [9.17, 15) is 0 Å². The highest BCUT2D eigenvalue weighted by molar-refractivity contribution is 5.98. The minimum absolute atomic E-state index is 0.529. The number of nitrogens with one attached hydrogen (secondary N) is 3. The van der Waals surface area contributed by atoms with E-state index in [0.29, 0.717) is 12.5 Å². The molecule has 1 aliphatic rings. The van der Waals surface area contributed by atoms with Gasteiger partial charge in [-0.05, 0) is 12.5 Å². The van der Waals surface area contributed by atoms with Crippen LogP contribution in [-0.2, 0) is 11.3 Å². The second-order valence-electron chi connectivity index (χ2n) is 7.30. The number of hydrazone groups is 1. The van der Waals surface area contributed by atoms with E-state index in [4.69, 9.17) is 9.72 Å². The van der Waals surface area contributed by atoms with Gasteiger partial charge in [-0.1, -0.05) is 31.5 Å². The summed E-state index contributed by atoms with van der Waals surface area (Å²) < 4.78 is 5.47. The summed E-state index contributed by atoms with van der Waals surface area (Å²) in [5.74, 6) is 1.61. The minimum atomic E-state index is 0.529. The van der Waals surface area contributed by atoms with Crippen LogP contribution < -0.4 is 15.6 Å². The zero-order chi connectivity index (χ0) is 20.6. The topological polar surface area (TPSA) is 90.5 Å². The molecule has 3 aromatic rings. The van der Waals surface area contributed by atoms with E-state index in [1.807, 2.05) is 30.6 Å². The van der Waals surface area contributed by atoms with Gasteiger partial charge in [-0.25, -0.2) is 4.98 Å². The predicted molar refractivity (Wildman–Crippen MR) is 121 cm³/mol. The molecule has 0 atom stereocenters. The van der Waals surface area contributed by atoms with E-state index >= 15 is 0 Å². The number of benzene rings is 1. The van der Waals surface area contributed by atoms with Gasteiger partial charge in [-0.2, -0.15) is 10.1 Å². The van der Waals surface area contributed by atoms with Crippen LogP contribution in [0.15, 0.2) is 41.6 Å². The lowest BCUT2D eigenvalue weighted by atomic mass is 10.2. The van der Waals surface area contributed by atoms with Crippen LogP contribution in [0.5, 0.6) is 0 Å². The molecular formula is C22H29N7O. The zero-order valence-electron chi connectivity index (χ0n) is 17.4. The molecular weight excluding hydrogens is 378 g/mol. The molecule has 2 aromatic heterocycles. The summed E-state index contributed by atoms with van der Waals surface area (Å²) in [7, 11) is 0. The summed E-state index contributed by atoms with van der Waals surface area (Å²) in [5, 5.41) is 8.90. The van der Waals surface area contributed by atoms with Gasteiger partial charge < -0.3 is 25.4 Å². The summed E-state index contributed by atoms with van der Waals surface area (Å²) >= 11 is 0. The maximum absolute atomic E-state index is 5.47. The van der Waals surface area contributed by atoms with Gasteiger partial charge in [0.1, 0.15) is 5.82 Å². The number of nitrogens with zero attached hydrogens (tertiary/aromatic N) is 4. The van der Waals surface area contributed by atoms with Crippen molar-refractivity contribution in [3.8, 4) is 0 Å². The Morgan fingerprint density at radius 2 is 2.10 bits per heavy atom. The van der Waals surface area contributed by atoms with Gasteiger partial charge in [0.15, 0.2) is 0 Å². The van der Waals surface area contributed by atoms with Gasteiger partial charge in [-0.3, -0.25) is 0 Å². The first-order chi connectivity index (χ1) is 14.8. The van der Waals surface area contributed by atoms with Crippen molar-refractivity contribution >= 4 is 28.9 Å². The summed E-state index contributed by atoms with van der Waals surface area (Å²) in [6.45, 7) is 6.72. The maximum atomic E-state index is 5.47. The van der Waals surface area contributed by atoms with Crippen molar-refractivity contribution in [2.45, 2.75) is 26.3 Å². The number of unbranched alkanes of at least 4 members (excludes halogenated alkanes) is 1. The fourth-order valence-corrected chi connectivity index (χ4v) is 3.43. The number of morpholine rings is 1. The minimum Gasteiger partial charge on any atom is -0.378 e. The smallest absolute Gasteiger partial charge is 0.224 e. The molecule has 1 fully saturated rings. The van der Waals surface area contributed by atoms with Gasteiger partial charge in [0, 0.05) is 48.4 Å². The summed E-state index contributed by atoms with van der Waals surface area (Å²) in [5.41, 5.74) is 6.18. The molecule has 0 unspecified atom stereocenters. The lowest BCUT2D eigenvalue weighted by Gasteiger charge is -2.28. The molecule has 0 spiro atoms. The van der Waals surface area contributed by atoms with Gasteiger partial charge in [0.05, 0.1) is 31.7 Å². The molecule has 30 heavy (non-hydrogen) atoms. The van der Waals surface area contributed by atoms with E-state index in [-0.39, 0.29) is 0 Å². The quantitative estimate of drug-likeness (QED) is 0.287. The third-order valence-corrected chi connectivity index (χ3v) is 5.09. The van der Waals surface area contributed by atoms with Gasteiger partial charge in [0.25, 0.3) is 0 Å². The van der Waals surface area contributed by atoms with Crippen molar-refractivity contribution in [3.63, 3.8) is 0 Å². The summed E-state index contributed by atoms with van der Waals surface area (Å²) in [6, 6.07) is 10.2. The molecule has 4 rings (SSSR count). The van der Waals surface area contributed by atoms with E-state index < -0.39 is 0 Å². The fourth-order valence-electron chi connectivity index (χ4n) is 3.43. The van der Waals surface area contributed by atoms with Crippen LogP contribution in [0, 0.1) is 0 Å². The fraction of sp³-hybridized carbons (Fsp3) is 0.409. The lowest BCUT2D eigenvalue weighted by Crippen LogP contribution is -2.37. The van der Waals surface area contributed by atoms with Crippen LogP contribution in [0.3, 0.4) is 0 Å². The highest BCUT2D eigenvalue weighted by Crippen LogP contribution is 2.17. The molecule has 0 radical (unpaired) electrons. The number of ether oxygens (including phenoxy) is 1. The Labute approximate surface area is 176 Å². The number of fused-ring (bicyclic) bond motifs is 1. The monoisotopic (exact) mass is 407 g/mol. The largest absolute Gasteiger partial charge is 0.378 e. The molecule has 0 amide bonds. The van der Waals surface area contributed by atoms with Crippen molar-refractivity contribution in [2.24, 2.45) is 5.10 Å². The SMILES string of the molecule is CCCCNc1nc(CN/N=C/c2c[nH]c3ccccc23)cc(N2CCOCC2)n1. The van der Waals surface area contributed by atoms with Crippen LogP contribution in [0.1, 0.15) is 31.0 Å². The highest BCUT2D eigenvalue weighted by Gasteiger charge is 2.15. The molecule has 8 nitrogen and oxygen atoms in total. The second kappa shape index (κ2) is 10.1. The first kappa shape index (κ1) is 20.2. The first-order valence-corrected chi connectivity index (χ1v) is 10.6. The molecule has 3 N–H and O–H groups in total. The van der Waals surface area contributed by atoms with Crippen molar-refractivity contribution < 1.29 is 4.74 Å². The van der Waals surface area contributed by atoms with Gasteiger partial charge in [-0.15, -0.1) is 0 Å². The second-order valence-corrected chi connectivity index (χ2v) is 7.30. The van der Waals surface area contributed by atoms with Crippen molar-refractivity contribution in [1.82, 2.24) is 20.4 Å². The summed E-state index contributed by atoms with van der Waals surface area (Å²) in [4.78, 5) is 14.9. The Morgan fingerprint density at radius 1 is 1.23 bits per heavy atom. The highest BCUT2D eigenvalue weighted by atomic mass is 16.5. The average Bonchev–Trinajstić information content (AvgIpc) is 3.21. The van der Waals surface area contributed by atoms with Gasteiger partial charge >= 0.3 is 0 Å². The molecule has 3 heterocycles. The Morgan fingerprint density at radius 3 is 2.97 bits per heavy atom. The number of rotatable bonds is 9. The Bertz CT molecular complexity index is 979. The third-order valence-electron chi connectivity index (χ3n) is 5.09. The maximum Gasteiger partial charge on any atom is 0.224 e.